The van der Waals surface area contributed by atoms with Gasteiger partial charge < -0.3 is 38.6 Å². The average Bonchev–Trinajstić information content (AvgIpc) is 2.55. The number of hydrogen-bond donors (Lipinski definition) is 2. The van der Waals surface area contributed by atoms with Gasteiger partial charge in [0.25, 0.3) is 0 Å². The second-order valence-corrected chi connectivity index (χ2v) is 6.28. The summed E-state index contributed by atoms with van der Waals surface area (Å²) in [5.41, 5.74) is -0.180. The van der Waals surface area contributed by atoms with Crippen LogP contribution in [0.4, 0.5) is 0 Å². The monoisotopic (exact) mass is 368 g/mol. The van der Waals surface area contributed by atoms with Gasteiger partial charge in [0.1, 0.15) is 6.10 Å². The summed E-state index contributed by atoms with van der Waals surface area (Å²) in [6, 6.07) is 0. The van der Waals surface area contributed by atoms with Gasteiger partial charge in [-0.05, 0) is 20.8 Å². The van der Waals surface area contributed by atoms with Crippen molar-refractivity contribution in [2.24, 2.45) is 0 Å². The second kappa shape index (κ2) is 17.1. The summed E-state index contributed by atoms with van der Waals surface area (Å²) in [6.45, 7) is 10.0. The number of ether oxygens (including phenoxy) is 6. The summed E-state index contributed by atoms with van der Waals surface area (Å²) in [7, 11) is 0. The van der Waals surface area contributed by atoms with Crippen molar-refractivity contribution in [2.75, 3.05) is 79.3 Å². The lowest BCUT2D eigenvalue weighted by atomic mass is 10.2. The fraction of sp³-hybridized carbons (Fsp3) is 1.00. The fourth-order valence-electron chi connectivity index (χ4n) is 1.71. The largest absolute Gasteiger partial charge is 0.394 e. The molecular weight excluding hydrogens is 332 g/mol. The summed E-state index contributed by atoms with van der Waals surface area (Å²) in [4.78, 5) is 0. The van der Waals surface area contributed by atoms with E-state index in [9.17, 15) is 0 Å². The average molecular weight is 368 g/mol. The molecule has 0 aromatic rings. The first-order valence-corrected chi connectivity index (χ1v) is 8.78. The Morgan fingerprint density at radius 2 is 1.12 bits per heavy atom. The third-order valence-corrected chi connectivity index (χ3v) is 2.79. The standard InChI is InChI=1S/C17H36O8/c1-17(2,3)25-13-11-23-15-16(24-12-10-21-7-5-19)14-22-9-8-20-6-4-18/h16,18-19H,4-15H2,1-3H3. The second-order valence-electron chi connectivity index (χ2n) is 6.28. The van der Waals surface area contributed by atoms with Crippen LogP contribution in [0.5, 0.6) is 0 Å². The summed E-state index contributed by atoms with van der Waals surface area (Å²) in [5, 5.41) is 17.3. The van der Waals surface area contributed by atoms with Crippen molar-refractivity contribution in [3.8, 4) is 0 Å². The minimum Gasteiger partial charge on any atom is -0.394 e. The van der Waals surface area contributed by atoms with Crippen LogP contribution in [0.25, 0.3) is 0 Å². The topological polar surface area (TPSA) is 95.8 Å². The van der Waals surface area contributed by atoms with Gasteiger partial charge in [-0.25, -0.2) is 0 Å². The molecule has 0 aliphatic carbocycles. The van der Waals surface area contributed by atoms with E-state index in [2.05, 4.69) is 0 Å². The summed E-state index contributed by atoms with van der Waals surface area (Å²) in [6.07, 6.45) is -0.217. The molecule has 0 rings (SSSR count). The van der Waals surface area contributed by atoms with Crippen LogP contribution in [-0.4, -0.2) is 101 Å². The normalized spacial score (nSPS) is 13.3. The first-order valence-electron chi connectivity index (χ1n) is 8.78. The number of hydrogen-bond acceptors (Lipinski definition) is 8. The summed E-state index contributed by atoms with van der Waals surface area (Å²) >= 11 is 0. The lowest BCUT2D eigenvalue weighted by Gasteiger charge is -2.21. The minimum absolute atomic E-state index is 0.00271. The summed E-state index contributed by atoms with van der Waals surface area (Å²) < 4.78 is 32.7. The molecule has 25 heavy (non-hydrogen) atoms. The molecular formula is C17H36O8. The van der Waals surface area contributed by atoms with E-state index >= 15 is 0 Å². The fourth-order valence-corrected chi connectivity index (χ4v) is 1.71. The molecule has 0 saturated heterocycles. The van der Waals surface area contributed by atoms with Crippen molar-refractivity contribution in [1.29, 1.82) is 0 Å². The molecule has 1 unspecified atom stereocenters. The number of aliphatic hydroxyl groups is 2. The van der Waals surface area contributed by atoms with Crippen molar-refractivity contribution >= 4 is 0 Å². The van der Waals surface area contributed by atoms with E-state index in [0.717, 1.165) is 0 Å². The Labute approximate surface area is 151 Å². The van der Waals surface area contributed by atoms with Crippen LogP contribution in [0.1, 0.15) is 20.8 Å². The maximum atomic E-state index is 8.66. The maximum Gasteiger partial charge on any atom is 0.104 e. The predicted molar refractivity (Wildman–Crippen MR) is 92.9 cm³/mol. The zero-order valence-corrected chi connectivity index (χ0v) is 15.9. The lowest BCUT2D eigenvalue weighted by Crippen LogP contribution is -2.29. The highest BCUT2D eigenvalue weighted by Gasteiger charge is 2.12. The van der Waals surface area contributed by atoms with Gasteiger partial charge in [-0.15, -0.1) is 0 Å². The van der Waals surface area contributed by atoms with E-state index in [1.54, 1.807) is 0 Å². The van der Waals surface area contributed by atoms with Crippen molar-refractivity contribution in [2.45, 2.75) is 32.5 Å². The lowest BCUT2D eigenvalue weighted by molar-refractivity contribution is -0.0921. The molecule has 8 heteroatoms. The quantitative estimate of drug-likeness (QED) is 0.332. The molecule has 1 atom stereocenters. The van der Waals surface area contributed by atoms with Gasteiger partial charge in [-0.3, -0.25) is 0 Å². The molecule has 0 fully saturated rings. The molecule has 0 bridgehead atoms. The van der Waals surface area contributed by atoms with E-state index in [1.165, 1.54) is 0 Å². The zero-order valence-electron chi connectivity index (χ0n) is 15.9. The predicted octanol–water partition coefficient (Wildman–Crippen LogP) is 0.238. The Bertz CT molecular complexity index is 270. The van der Waals surface area contributed by atoms with Crippen molar-refractivity contribution in [3.63, 3.8) is 0 Å². The van der Waals surface area contributed by atoms with Gasteiger partial charge >= 0.3 is 0 Å². The smallest absolute Gasteiger partial charge is 0.104 e. The van der Waals surface area contributed by atoms with Gasteiger partial charge in [0.2, 0.25) is 0 Å². The SMILES string of the molecule is CC(C)(C)OCCOCC(COCCOCCO)OCCOCCO. The minimum atomic E-state index is -0.217. The Morgan fingerprint density at radius 1 is 0.640 bits per heavy atom. The third-order valence-electron chi connectivity index (χ3n) is 2.79. The van der Waals surface area contributed by atoms with Gasteiger partial charge in [-0.1, -0.05) is 0 Å². The van der Waals surface area contributed by atoms with E-state index in [4.69, 9.17) is 38.6 Å². The molecule has 0 spiro atoms. The molecule has 0 aromatic carbocycles. The van der Waals surface area contributed by atoms with Crippen molar-refractivity contribution in [1.82, 2.24) is 0 Å². The van der Waals surface area contributed by atoms with E-state index in [-0.39, 0.29) is 24.9 Å². The molecule has 0 aliphatic rings. The van der Waals surface area contributed by atoms with Gasteiger partial charge in [0, 0.05) is 0 Å². The van der Waals surface area contributed by atoms with Crippen LogP contribution < -0.4 is 0 Å². The number of aliphatic hydroxyl groups excluding tert-OH is 2. The molecule has 0 radical (unpaired) electrons. The van der Waals surface area contributed by atoms with Crippen LogP contribution in [0, 0.1) is 0 Å². The van der Waals surface area contributed by atoms with Crippen LogP contribution in [0.15, 0.2) is 0 Å². The van der Waals surface area contributed by atoms with Crippen LogP contribution >= 0.6 is 0 Å². The van der Waals surface area contributed by atoms with Crippen molar-refractivity contribution in [3.05, 3.63) is 0 Å². The van der Waals surface area contributed by atoms with Gasteiger partial charge in [-0.2, -0.15) is 0 Å². The van der Waals surface area contributed by atoms with E-state index < -0.39 is 0 Å². The molecule has 0 heterocycles. The highest BCUT2D eigenvalue weighted by atomic mass is 16.6. The first-order chi connectivity index (χ1) is 12.0. The van der Waals surface area contributed by atoms with E-state index in [1.807, 2.05) is 20.8 Å². The summed E-state index contributed by atoms with van der Waals surface area (Å²) in [5.74, 6) is 0. The Hall–Kier alpha value is -0.320. The number of rotatable bonds is 18. The van der Waals surface area contributed by atoms with E-state index in [0.29, 0.717) is 66.1 Å². The van der Waals surface area contributed by atoms with Crippen molar-refractivity contribution < 1.29 is 38.6 Å². The Kier molecular flexibility index (Phi) is 16.9. The molecule has 0 aromatic heterocycles. The maximum absolute atomic E-state index is 8.66. The molecule has 152 valence electrons. The first kappa shape index (κ1) is 24.7. The molecule has 0 aliphatic heterocycles. The zero-order chi connectivity index (χ0) is 18.8. The van der Waals surface area contributed by atoms with Gasteiger partial charge in [0.05, 0.1) is 84.9 Å². The highest BCUT2D eigenvalue weighted by molar-refractivity contribution is 4.59. The molecule has 2 N–H and O–H groups in total. The highest BCUT2D eigenvalue weighted by Crippen LogP contribution is 2.06. The van der Waals surface area contributed by atoms with Crippen LogP contribution in [0.2, 0.25) is 0 Å². The molecule has 8 nitrogen and oxygen atoms in total. The molecule has 0 saturated carbocycles. The Balaban J connectivity index is 3.85. The van der Waals surface area contributed by atoms with Crippen LogP contribution in [-0.2, 0) is 28.4 Å². The van der Waals surface area contributed by atoms with Crippen LogP contribution in [0.3, 0.4) is 0 Å². The molecule has 0 amide bonds. The van der Waals surface area contributed by atoms with Gasteiger partial charge in [0.15, 0.2) is 0 Å². The Morgan fingerprint density at radius 3 is 1.64 bits per heavy atom. The third kappa shape index (κ3) is 19.8.